The number of nitrogens with two attached hydrogens (primary N) is 1. The van der Waals surface area contributed by atoms with Crippen LogP contribution in [0.5, 0.6) is 11.5 Å². The molecule has 2 N–H and O–H groups in total. The van der Waals surface area contributed by atoms with E-state index in [0.717, 1.165) is 11.3 Å². The molecule has 1 aromatic carbocycles. The maximum Gasteiger partial charge on any atom is 0.130 e. The lowest BCUT2D eigenvalue weighted by Crippen LogP contribution is -1.97. The molecule has 2 aromatic rings. The minimum Gasteiger partial charge on any atom is -0.457 e. The van der Waals surface area contributed by atoms with Crippen LogP contribution in [-0.4, -0.2) is 4.98 Å². The minimum absolute atomic E-state index is 0.425. The minimum atomic E-state index is 0.425. The Morgan fingerprint density at radius 1 is 1.12 bits per heavy atom. The average Bonchev–Trinajstić information content (AvgIpc) is 2.31. The molecule has 2 rings (SSSR count). The van der Waals surface area contributed by atoms with E-state index in [4.69, 9.17) is 22.1 Å². The molecule has 0 aliphatic rings. The molecule has 4 heteroatoms. The van der Waals surface area contributed by atoms with Gasteiger partial charge in [-0.25, -0.2) is 0 Å². The highest BCUT2D eigenvalue weighted by Gasteiger charge is 2.02. The van der Waals surface area contributed by atoms with E-state index < -0.39 is 0 Å². The van der Waals surface area contributed by atoms with Crippen molar-refractivity contribution in [3.8, 4) is 11.5 Å². The highest BCUT2D eigenvalue weighted by Crippen LogP contribution is 2.26. The zero-order chi connectivity index (χ0) is 11.4. The summed E-state index contributed by atoms with van der Waals surface area (Å²) in [5.74, 6) is 1.42. The first kappa shape index (κ1) is 10.9. The normalized spacial score (nSPS) is 10.1. The summed E-state index contributed by atoms with van der Waals surface area (Å²) in [4.78, 5) is 3.91. The van der Waals surface area contributed by atoms with Crippen LogP contribution in [0.4, 0.5) is 0 Å². The number of halogens is 1. The van der Waals surface area contributed by atoms with Gasteiger partial charge in [-0.15, -0.1) is 0 Å². The first-order valence-electron chi connectivity index (χ1n) is 4.86. The van der Waals surface area contributed by atoms with Crippen LogP contribution in [0.2, 0.25) is 5.02 Å². The molecule has 0 aliphatic carbocycles. The number of ether oxygens (including phenoxy) is 1. The van der Waals surface area contributed by atoms with Crippen LogP contribution in [-0.2, 0) is 6.54 Å². The molecule has 82 valence electrons. The Kier molecular flexibility index (Phi) is 3.39. The van der Waals surface area contributed by atoms with Gasteiger partial charge in [-0.1, -0.05) is 17.7 Å². The number of hydrogen-bond donors (Lipinski definition) is 1. The second-order valence-electron chi connectivity index (χ2n) is 3.24. The van der Waals surface area contributed by atoms with E-state index in [1.54, 1.807) is 30.6 Å². The molecule has 1 heterocycles. The number of pyridine rings is 1. The number of nitrogens with zero attached hydrogens (tertiary/aromatic N) is 1. The number of aromatic nitrogens is 1. The third kappa shape index (κ3) is 2.51. The van der Waals surface area contributed by atoms with Crippen molar-refractivity contribution in [2.75, 3.05) is 0 Å². The second kappa shape index (κ2) is 4.96. The largest absolute Gasteiger partial charge is 0.457 e. The van der Waals surface area contributed by atoms with E-state index in [1.807, 2.05) is 12.1 Å². The van der Waals surface area contributed by atoms with Crippen LogP contribution in [0.15, 0.2) is 42.7 Å². The van der Waals surface area contributed by atoms with Crippen LogP contribution in [0, 0.1) is 0 Å². The molecule has 0 saturated heterocycles. The zero-order valence-electron chi connectivity index (χ0n) is 8.56. The number of rotatable bonds is 3. The topological polar surface area (TPSA) is 48.1 Å². The summed E-state index contributed by atoms with van der Waals surface area (Å²) in [5.41, 5.74) is 6.43. The summed E-state index contributed by atoms with van der Waals surface area (Å²) in [5, 5.41) is 0.619. The smallest absolute Gasteiger partial charge is 0.130 e. The first-order valence-corrected chi connectivity index (χ1v) is 5.24. The van der Waals surface area contributed by atoms with E-state index in [-0.39, 0.29) is 0 Å². The molecule has 0 amide bonds. The number of benzene rings is 1. The Morgan fingerprint density at radius 3 is 2.50 bits per heavy atom. The maximum atomic E-state index is 6.02. The van der Waals surface area contributed by atoms with Crippen molar-refractivity contribution >= 4 is 11.6 Å². The Hall–Kier alpha value is -1.58. The van der Waals surface area contributed by atoms with Gasteiger partial charge in [0.15, 0.2) is 0 Å². The summed E-state index contributed by atoms with van der Waals surface area (Å²) in [6, 6.07) is 9.02. The van der Waals surface area contributed by atoms with E-state index in [1.165, 1.54) is 0 Å². The van der Waals surface area contributed by atoms with Crippen LogP contribution in [0.3, 0.4) is 0 Å². The third-order valence-corrected chi connectivity index (χ3v) is 2.48. The zero-order valence-corrected chi connectivity index (χ0v) is 9.32. The molecule has 0 fully saturated rings. The fraction of sp³-hybridized carbons (Fsp3) is 0.0833. The van der Waals surface area contributed by atoms with Gasteiger partial charge in [0.25, 0.3) is 0 Å². The average molecular weight is 235 g/mol. The van der Waals surface area contributed by atoms with E-state index in [2.05, 4.69) is 4.98 Å². The van der Waals surface area contributed by atoms with Crippen LogP contribution >= 0.6 is 11.6 Å². The standard InChI is InChI=1S/C12H11ClN2O/c13-12-7-11(2-1-9(12)8-14)16-10-3-5-15-6-4-10/h1-7H,8,14H2. The molecule has 3 nitrogen and oxygen atoms in total. The Bertz CT molecular complexity index is 474. The van der Waals surface area contributed by atoms with Crippen LogP contribution in [0.1, 0.15) is 5.56 Å². The summed E-state index contributed by atoms with van der Waals surface area (Å²) in [6.07, 6.45) is 3.34. The van der Waals surface area contributed by atoms with E-state index >= 15 is 0 Å². The van der Waals surface area contributed by atoms with Crippen molar-refractivity contribution in [3.05, 3.63) is 53.3 Å². The summed E-state index contributed by atoms with van der Waals surface area (Å²) in [7, 11) is 0. The maximum absolute atomic E-state index is 6.02. The lowest BCUT2D eigenvalue weighted by atomic mass is 10.2. The molecule has 0 spiro atoms. The molecule has 0 aliphatic heterocycles. The van der Waals surface area contributed by atoms with E-state index in [9.17, 15) is 0 Å². The van der Waals surface area contributed by atoms with Crippen molar-refractivity contribution in [2.24, 2.45) is 5.73 Å². The molecule has 0 radical (unpaired) electrons. The lowest BCUT2D eigenvalue weighted by molar-refractivity contribution is 0.482. The van der Waals surface area contributed by atoms with Crippen molar-refractivity contribution < 1.29 is 4.74 Å². The highest BCUT2D eigenvalue weighted by atomic mass is 35.5. The van der Waals surface area contributed by atoms with Gasteiger partial charge in [-0.05, 0) is 29.8 Å². The molecule has 0 atom stereocenters. The molecule has 0 bridgehead atoms. The fourth-order valence-electron chi connectivity index (χ4n) is 1.30. The molecule has 0 saturated carbocycles. The van der Waals surface area contributed by atoms with E-state index in [0.29, 0.717) is 17.3 Å². The van der Waals surface area contributed by atoms with Crippen molar-refractivity contribution in [3.63, 3.8) is 0 Å². The second-order valence-corrected chi connectivity index (χ2v) is 3.65. The summed E-state index contributed by atoms with van der Waals surface area (Å²) in [6.45, 7) is 0.425. The Balaban J connectivity index is 2.20. The van der Waals surface area contributed by atoms with Gasteiger partial charge in [0.05, 0.1) is 0 Å². The number of hydrogen-bond acceptors (Lipinski definition) is 3. The Morgan fingerprint density at radius 2 is 1.88 bits per heavy atom. The predicted molar refractivity (Wildman–Crippen MR) is 63.7 cm³/mol. The molecular formula is C12H11ClN2O. The molecular weight excluding hydrogens is 224 g/mol. The van der Waals surface area contributed by atoms with Gasteiger partial charge in [0, 0.05) is 24.0 Å². The quantitative estimate of drug-likeness (QED) is 0.888. The van der Waals surface area contributed by atoms with Gasteiger partial charge < -0.3 is 10.5 Å². The van der Waals surface area contributed by atoms with Gasteiger partial charge in [-0.3, -0.25) is 4.98 Å². The SMILES string of the molecule is NCc1ccc(Oc2ccncc2)cc1Cl. The predicted octanol–water partition coefficient (Wildman–Crippen LogP) is 2.99. The molecule has 16 heavy (non-hydrogen) atoms. The summed E-state index contributed by atoms with van der Waals surface area (Å²) < 4.78 is 5.59. The molecule has 1 aromatic heterocycles. The Labute approximate surface area is 98.8 Å². The highest BCUT2D eigenvalue weighted by molar-refractivity contribution is 6.31. The van der Waals surface area contributed by atoms with Gasteiger partial charge in [0.2, 0.25) is 0 Å². The fourth-order valence-corrected chi connectivity index (χ4v) is 1.55. The third-order valence-electron chi connectivity index (χ3n) is 2.13. The van der Waals surface area contributed by atoms with Crippen molar-refractivity contribution in [2.45, 2.75) is 6.54 Å². The van der Waals surface area contributed by atoms with Gasteiger partial charge in [0.1, 0.15) is 11.5 Å². The van der Waals surface area contributed by atoms with Crippen molar-refractivity contribution in [1.29, 1.82) is 0 Å². The van der Waals surface area contributed by atoms with Crippen LogP contribution in [0.25, 0.3) is 0 Å². The van der Waals surface area contributed by atoms with Crippen LogP contribution < -0.4 is 10.5 Å². The summed E-state index contributed by atoms with van der Waals surface area (Å²) >= 11 is 6.02. The monoisotopic (exact) mass is 234 g/mol. The molecule has 0 unspecified atom stereocenters. The van der Waals surface area contributed by atoms with Crippen molar-refractivity contribution in [1.82, 2.24) is 4.98 Å². The van der Waals surface area contributed by atoms with Gasteiger partial charge >= 0.3 is 0 Å². The van der Waals surface area contributed by atoms with Gasteiger partial charge in [-0.2, -0.15) is 0 Å². The lowest BCUT2D eigenvalue weighted by Gasteiger charge is -2.07. The first-order chi connectivity index (χ1) is 7.79.